The van der Waals surface area contributed by atoms with Gasteiger partial charge < -0.3 is 10.6 Å². The van der Waals surface area contributed by atoms with Gasteiger partial charge in [-0.2, -0.15) is 0 Å². The fourth-order valence-corrected chi connectivity index (χ4v) is 3.20. The largest absolute Gasteiger partial charge is 0.389 e. The molecule has 0 radical (unpaired) electrons. The van der Waals surface area contributed by atoms with Crippen LogP contribution < -0.4 is 10.6 Å². The van der Waals surface area contributed by atoms with E-state index >= 15 is 0 Å². The lowest BCUT2D eigenvalue weighted by Gasteiger charge is -2.33. The Morgan fingerprint density at radius 1 is 1.10 bits per heavy atom. The van der Waals surface area contributed by atoms with E-state index < -0.39 is 0 Å². The van der Waals surface area contributed by atoms with Crippen molar-refractivity contribution in [1.82, 2.24) is 0 Å². The summed E-state index contributed by atoms with van der Waals surface area (Å²) in [5.41, 5.74) is 8.13. The van der Waals surface area contributed by atoms with E-state index in [4.69, 9.17) is 18.0 Å². The summed E-state index contributed by atoms with van der Waals surface area (Å²) in [6.07, 6.45) is 2.54. The van der Waals surface area contributed by atoms with Crippen LogP contribution in [0, 0.1) is 5.92 Å². The monoisotopic (exact) mass is 284 g/mol. The third-order valence-electron chi connectivity index (χ3n) is 4.29. The minimum atomic E-state index is 0.472. The van der Waals surface area contributed by atoms with Gasteiger partial charge in [-0.25, -0.2) is 0 Å². The molecule has 20 heavy (non-hydrogen) atoms. The Labute approximate surface area is 125 Å². The van der Waals surface area contributed by atoms with Crippen LogP contribution in [-0.2, 0) is 0 Å². The molecule has 2 N–H and O–H groups in total. The van der Waals surface area contributed by atoms with E-state index in [1.54, 1.807) is 0 Å². The van der Waals surface area contributed by atoms with Crippen LogP contribution in [0.1, 0.15) is 25.3 Å². The van der Waals surface area contributed by atoms with Crippen LogP contribution in [-0.4, -0.2) is 18.1 Å². The number of hydrogen-bond donors (Lipinski definition) is 1. The SMILES string of the molecule is CC1CCN(c2ccc(C(N)=S)c3ccccc23)CC1. The van der Waals surface area contributed by atoms with Crippen molar-refractivity contribution >= 4 is 33.7 Å². The van der Waals surface area contributed by atoms with Crippen LogP contribution in [0.3, 0.4) is 0 Å². The molecule has 104 valence electrons. The first-order valence-corrected chi connectivity index (χ1v) is 7.64. The van der Waals surface area contributed by atoms with Crippen LogP contribution >= 0.6 is 12.2 Å². The van der Waals surface area contributed by atoms with Gasteiger partial charge in [-0.1, -0.05) is 43.4 Å². The molecular formula is C17H20N2S. The van der Waals surface area contributed by atoms with Crippen molar-refractivity contribution in [1.29, 1.82) is 0 Å². The maximum atomic E-state index is 5.84. The Kier molecular flexibility index (Phi) is 3.62. The van der Waals surface area contributed by atoms with Crippen molar-refractivity contribution in [2.24, 2.45) is 11.7 Å². The molecule has 1 saturated heterocycles. The van der Waals surface area contributed by atoms with Gasteiger partial charge in [0.25, 0.3) is 0 Å². The summed E-state index contributed by atoms with van der Waals surface area (Å²) < 4.78 is 0. The fourth-order valence-electron chi connectivity index (χ4n) is 3.02. The van der Waals surface area contributed by atoms with Gasteiger partial charge >= 0.3 is 0 Å². The van der Waals surface area contributed by atoms with Crippen LogP contribution in [0.15, 0.2) is 36.4 Å². The van der Waals surface area contributed by atoms with Crippen LogP contribution in [0.4, 0.5) is 5.69 Å². The summed E-state index contributed by atoms with van der Waals surface area (Å²) in [7, 11) is 0. The minimum absolute atomic E-state index is 0.472. The highest BCUT2D eigenvalue weighted by Gasteiger charge is 2.18. The topological polar surface area (TPSA) is 29.3 Å². The van der Waals surface area contributed by atoms with E-state index in [9.17, 15) is 0 Å². The van der Waals surface area contributed by atoms with E-state index in [1.165, 1.54) is 23.9 Å². The van der Waals surface area contributed by atoms with Gasteiger partial charge in [0.1, 0.15) is 4.99 Å². The third kappa shape index (κ3) is 2.38. The van der Waals surface area contributed by atoms with Crippen molar-refractivity contribution in [3.63, 3.8) is 0 Å². The zero-order valence-corrected chi connectivity index (χ0v) is 12.6. The maximum Gasteiger partial charge on any atom is 0.104 e. The Hall–Kier alpha value is -1.61. The number of anilines is 1. The number of thiocarbonyl (C=S) groups is 1. The van der Waals surface area contributed by atoms with E-state index in [0.717, 1.165) is 30.0 Å². The summed E-state index contributed by atoms with van der Waals surface area (Å²) in [6.45, 7) is 4.61. The van der Waals surface area contributed by atoms with Crippen molar-refractivity contribution < 1.29 is 0 Å². The van der Waals surface area contributed by atoms with Gasteiger partial charge in [0.2, 0.25) is 0 Å². The Balaban J connectivity index is 2.08. The lowest BCUT2D eigenvalue weighted by molar-refractivity contribution is 0.439. The normalized spacial score (nSPS) is 16.6. The molecular weight excluding hydrogens is 264 g/mol. The van der Waals surface area contributed by atoms with Crippen molar-refractivity contribution in [3.8, 4) is 0 Å². The summed E-state index contributed by atoms with van der Waals surface area (Å²) in [4.78, 5) is 2.96. The molecule has 1 aliphatic rings. The number of nitrogens with two attached hydrogens (primary N) is 1. The summed E-state index contributed by atoms with van der Waals surface area (Å²) in [6, 6.07) is 12.7. The zero-order chi connectivity index (χ0) is 14.1. The first kappa shape index (κ1) is 13.4. The predicted molar refractivity (Wildman–Crippen MR) is 90.4 cm³/mol. The second kappa shape index (κ2) is 5.41. The molecule has 2 aromatic rings. The van der Waals surface area contributed by atoms with Crippen LogP contribution in [0.25, 0.3) is 10.8 Å². The minimum Gasteiger partial charge on any atom is -0.389 e. The molecule has 2 nitrogen and oxygen atoms in total. The second-order valence-corrected chi connectivity index (χ2v) is 6.15. The molecule has 0 aromatic heterocycles. The highest BCUT2D eigenvalue weighted by Crippen LogP contribution is 2.32. The summed E-state index contributed by atoms with van der Waals surface area (Å²) in [5, 5.41) is 2.42. The van der Waals surface area contributed by atoms with Crippen molar-refractivity contribution in [2.75, 3.05) is 18.0 Å². The molecule has 0 amide bonds. The van der Waals surface area contributed by atoms with E-state index in [0.29, 0.717) is 4.99 Å². The van der Waals surface area contributed by atoms with Gasteiger partial charge in [-0.05, 0) is 36.3 Å². The standard InChI is InChI=1S/C17H20N2S/c1-12-8-10-19(11-9-12)16-7-6-15(17(18)20)13-4-2-3-5-14(13)16/h2-7,12H,8-11H2,1H3,(H2,18,20). The van der Waals surface area contributed by atoms with Crippen molar-refractivity contribution in [2.45, 2.75) is 19.8 Å². The molecule has 0 saturated carbocycles. The molecule has 1 heterocycles. The van der Waals surface area contributed by atoms with Gasteiger partial charge in [0, 0.05) is 29.7 Å². The number of rotatable bonds is 2. The summed E-state index contributed by atoms with van der Waals surface area (Å²) >= 11 is 5.17. The molecule has 0 bridgehead atoms. The first-order valence-electron chi connectivity index (χ1n) is 7.23. The molecule has 0 aliphatic carbocycles. The zero-order valence-electron chi connectivity index (χ0n) is 11.8. The van der Waals surface area contributed by atoms with Crippen molar-refractivity contribution in [3.05, 3.63) is 42.0 Å². The lowest BCUT2D eigenvalue weighted by atomic mass is 9.96. The molecule has 0 spiro atoms. The van der Waals surface area contributed by atoms with E-state index in [-0.39, 0.29) is 0 Å². The molecule has 0 atom stereocenters. The number of piperidine rings is 1. The van der Waals surface area contributed by atoms with E-state index in [2.05, 4.69) is 42.2 Å². The van der Waals surface area contributed by atoms with E-state index in [1.807, 2.05) is 6.07 Å². The molecule has 1 aliphatic heterocycles. The number of fused-ring (bicyclic) bond motifs is 1. The van der Waals surface area contributed by atoms with Gasteiger partial charge in [0.05, 0.1) is 0 Å². The quantitative estimate of drug-likeness (QED) is 0.852. The van der Waals surface area contributed by atoms with Gasteiger partial charge in [-0.3, -0.25) is 0 Å². The predicted octanol–water partition coefficient (Wildman–Crippen LogP) is 3.71. The number of hydrogen-bond acceptors (Lipinski definition) is 2. The van der Waals surface area contributed by atoms with Gasteiger partial charge in [0.15, 0.2) is 0 Å². The smallest absolute Gasteiger partial charge is 0.104 e. The molecule has 1 fully saturated rings. The average Bonchev–Trinajstić information content (AvgIpc) is 2.47. The highest BCUT2D eigenvalue weighted by molar-refractivity contribution is 7.80. The van der Waals surface area contributed by atoms with Crippen LogP contribution in [0.5, 0.6) is 0 Å². The lowest BCUT2D eigenvalue weighted by Crippen LogP contribution is -2.32. The average molecular weight is 284 g/mol. The number of benzene rings is 2. The third-order valence-corrected chi connectivity index (χ3v) is 4.51. The molecule has 0 unspecified atom stereocenters. The Morgan fingerprint density at radius 2 is 1.75 bits per heavy atom. The molecule has 3 rings (SSSR count). The highest BCUT2D eigenvalue weighted by atomic mass is 32.1. The van der Waals surface area contributed by atoms with Crippen LogP contribution in [0.2, 0.25) is 0 Å². The Bertz CT molecular complexity index is 642. The summed E-state index contributed by atoms with van der Waals surface area (Å²) in [5.74, 6) is 0.841. The second-order valence-electron chi connectivity index (χ2n) is 5.71. The number of nitrogens with zero attached hydrogens (tertiary/aromatic N) is 1. The Morgan fingerprint density at radius 3 is 2.40 bits per heavy atom. The molecule has 2 aromatic carbocycles. The fraction of sp³-hybridized carbons (Fsp3) is 0.353. The molecule has 3 heteroatoms. The maximum absolute atomic E-state index is 5.84. The first-order chi connectivity index (χ1) is 9.66. The van der Waals surface area contributed by atoms with Gasteiger partial charge in [-0.15, -0.1) is 0 Å².